The molecule has 20 heavy (non-hydrogen) atoms. The van der Waals surface area contributed by atoms with Crippen LogP contribution in [0.4, 0.5) is 0 Å². The molecule has 1 nitrogen and oxygen atoms in total. The minimum atomic E-state index is 0.251. The zero-order chi connectivity index (χ0) is 14.6. The quantitative estimate of drug-likeness (QED) is 0.794. The van der Waals surface area contributed by atoms with Gasteiger partial charge in [0.1, 0.15) is 0 Å². The summed E-state index contributed by atoms with van der Waals surface area (Å²) in [5.41, 5.74) is 1.79. The number of aryl methyl sites for hydroxylation is 1. The maximum atomic E-state index is 3.73. The van der Waals surface area contributed by atoms with E-state index < -0.39 is 0 Å². The SMILES string of the molecule is CC1CCC(CNC(C)(C)C)C(CCc2ccsc2)C1. The zero-order valence-electron chi connectivity index (χ0n) is 13.6. The van der Waals surface area contributed by atoms with Crippen LogP contribution in [0.25, 0.3) is 0 Å². The second-order valence-electron chi connectivity index (χ2n) is 7.74. The first-order valence-corrected chi connectivity index (χ1v) is 9.14. The maximum Gasteiger partial charge on any atom is 0.00966 e. The summed E-state index contributed by atoms with van der Waals surface area (Å²) in [6.07, 6.45) is 6.91. The van der Waals surface area contributed by atoms with Crippen molar-refractivity contribution in [3.8, 4) is 0 Å². The van der Waals surface area contributed by atoms with Gasteiger partial charge in [0.25, 0.3) is 0 Å². The van der Waals surface area contributed by atoms with Gasteiger partial charge in [-0.15, -0.1) is 0 Å². The second kappa shape index (κ2) is 7.09. The predicted molar refractivity (Wildman–Crippen MR) is 90.4 cm³/mol. The van der Waals surface area contributed by atoms with Crippen LogP contribution >= 0.6 is 11.3 Å². The average Bonchev–Trinajstić information content (AvgIpc) is 2.87. The van der Waals surface area contributed by atoms with Crippen molar-refractivity contribution in [2.24, 2.45) is 17.8 Å². The van der Waals surface area contributed by atoms with E-state index in [1.165, 1.54) is 44.2 Å². The Labute approximate surface area is 129 Å². The summed E-state index contributed by atoms with van der Waals surface area (Å²) in [6, 6.07) is 2.29. The minimum Gasteiger partial charge on any atom is -0.312 e. The lowest BCUT2D eigenvalue weighted by Gasteiger charge is -2.37. The van der Waals surface area contributed by atoms with Gasteiger partial charge in [-0.3, -0.25) is 0 Å². The summed E-state index contributed by atoms with van der Waals surface area (Å²) < 4.78 is 0. The van der Waals surface area contributed by atoms with Gasteiger partial charge in [0.15, 0.2) is 0 Å². The largest absolute Gasteiger partial charge is 0.312 e. The molecular weight excluding hydrogens is 262 g/mol. The van der Waals surface area contributed by atoms with Crippen LogP contribution in [0.1, 0.15) is 58.9 Å². The van der Waals surface area contributed by atoms with Crippen LogP contribution in [-0.4, -0.2) is 12.1 Å². The first-order chi connectivity index (χ1) is 9.44. The molecule has 2 heteroatoms. The van der Waals surface area contributed by atoms with Gasteiger partial charge in [-0.1, -0.05) is 13.3 Å². The highest BCUT2D eigenvalue weighted by molar-refractivity contribution is 7.07. The predicted octanol–water partition coefficient (Wildman–Crippen LogP) is 5.12. The third kappa shape index (κ3) is 5.21. The number of rotatable bonds is 5. The van der Waals surface area contributed by atoms with Crippen molar-refractivity contribution in [2.45, 2.75) is 65.3 Å². The van der Waals surface area contributed by atoms with Crippen LogP contribution in [0.3, 0.4) is 0 Å². The topological polar surface area (TPSA) is 12.0 Å². The smallest absolute Gasteiger partial charge is 0.00966 e. The fourth-order valence-corrected chi connectivity index (χ4v) is 4.11. The lowest BCUT2D eigenvalue weighted by Crippen LogP contribution is -2.42. The number of thiophene rings is 1. The molecular formula is C18H31NS. The van der Waals surface area contributed by atoms with Gasteiger partial charge in [0.05, 0.1) is 0 Å². The normalized spacial score (nSPS) is 27.7. The van der Waals surface area contributed by atoms with Gasteiger partial charge in [-0.25, -0.2) is 0 Å². The van der Waals surface area contributed by atoms with Crippen molar-refractivity contribution >= 4 is 11.3 Å². The van der Waals surface area contributed by atoms with Crippen LogP contribution in [-0.2, 0) is 6.42 Å². The molecule has 114 valence electrons. The average molecular weight is 294 g/mol. The molecule has 1 aromatic rings. The summed E-state index contributed by atoms with van der Waals surface area (Å²) in [7, 11) is 0. The van der Waals surface area contributed by atoms with Gasteiger partial charge in [-0.05, 0) is 93.1 Å². The summed E-state index contributed by atoms with van der Waals surface area (Å²) in [5.74, 6) is 2.71. The number of nitrogens with one attached hydrogen (secondary N) is 1. The standard InChI is InChI=1S/C18H31NS/c1-14-5-7-17(12-19-18(2,3)4)16(11-14)8-6-15-9-10-20-13-15/h9-10,13-14,16-17,19H,5-8,11-12H2,1-4H3. The molecule has 1 heterocycles. The summed E-state index contributed by atoms with van der Waals surface area (Å²) in [5, 5.41) is 8.25. The molecule has 0 spiro atoms. The molecule has 1 saturated carbocycles. The van der Waals surface area contributed by atoms with Crippen LogP contribution in [0.2, 0.25) is 0 Å². The molecule has 1 aliphatic carbocycles. The highest BCUT2D eigenvalue weighted by Gasteiger charge is 2.29. The molecule has 0 saturated heterocycles. The Hall–Kier alpha value is -0.340. The number of hydrogen-bond donors (Lipinski definition) is 1. The Bertz CT molecular complexity index is 377. The fraction of sp³-hybridized carbons (Fsp3) is 0.778. The van der Waals surface area contributed by atoms with Crippen molar-refractivity contribution in [1.29, 1.82) is 0 Å². The third-order valence-electron chi connectivity index (χ3n) is 4.68. The molecule has 0 aliphatic heterocycles. The third-order valence-corrected chi connectivity index (χ3v) is 5.41. The highest BCUT2D eigenvalue weighted by atomic mass is 32.1. The lowest BCUT2D eigenvalue weighted by molar-refractivity contribution is 0.166. The van der Waals surface area contributed by atoms with Crippen molar-refractivity contribution in [1.82, 2.24) is 5.32 Å². The Balaban J connectivity index is 1.86. The Kier molecular flexibility index (Phi) is 5.68. The van der Waals surface area contributed by atoms with Gasteiger partial charge in [0, 0.05) is 5.54 Å². The Morgan fingerprint density at radius 3 is 2.70 bits per heavy atom. The molecule has 0 aromatic carbocycles. The minimum absolute atomic E-state index is 0.251. The molecule has 1 aliphatic rings. The van der Waals surface area contributed by atoms with E-state index in [4.69, 9.17) is 0 Å². The van der Waals surface area contributed by atoms with Gasteiger partial charge in [-0.2, -0.15) is 11.3 Å². The fourth-order valence-electron chi connectivity index (χ4n) is 3.41. The van der Waals surface area contributed by atoms with Crippen molar-refractivity contribution in [3.63, 3.8) is 0 Å². The Morgan fingerprint density at radius 1 is 1.25 bits per heavy atom. The van der Waals surface area contributed by atoms with E-state index in [0.29, 0.717) is 0 Å². The van der Waals surface area contributed by atoms with Crippen molar-refractivity contribution in [2.75, 3.05) is 6.54 Å². The molecule has 0 bridgehead atoms. The van der Waals surface area contributed by atoms with Crippen molar-refractivity contribution < 1.29 is 0 Å². The second-order valence-corrected chi connectivity index (χ2v) is 8.52. The number of hydrogen-bond acceptors (Lipinski definition) is 2. The molecule has 0 radical (unpaired) electrons. The Morgan fingerprint density at radius 2 is 2.05 bits per heavy atom. The zero-order valence-corrected chi connectivity index (χ0v) is 14.4. The van der Waals surface area contributed by atoms with E-state index >= 15 is 0 Å². The first-order valence-electron chi connectivity index (χ1n) is 8.20. The molecule has 2 rings (SSSR count). The van der Waals surface area contributed by atoms with Crippen LogP contribution in [0.15, 0.2) is 16.8 Å². The summed E-state index contributed by atoms with van der Waals surface area (Å²) >= 11 is 1.83. The van der Waals surface area contributed by atoms with E-state index in [1.54, 1.807) is 0 Å². The summed E-state index contributed by atoms with van der Waals surface area (Å²) in [6.45, 7) is 10.5. The molecule has 1 N–H and O–H groups in total. The van der Waals surface area contributed by atoms with Crippen LogP contribution < -0.4 is 5.32 Å². The van der Waals surface area contributed by atoms with Gasteiger partial charge in [0.2, 0.25) is 0 Å². The van der Waals surface area contributed by atoms with E-state index in [0.717, 1.165) is 17.8 Å². The van der Waals surface area contributed by atoms with Gasteiger partial charge >= 0.3 is 0 Å². The molecule has 3 unspecified atom stereocenters. The highest BCUT2D eigenvalue weighted by Crippen LogP contribution is 2.36. The van der Waals surface area contributed by atoms with E-state index in [2.05, 4.69) is 49.8 Å². The monoisotopic (exact) mass is 293 g/mol. The molecule has 1 aromatic heterocycles. The molecule has 1 fully saturated rings. The van der Waals surface area contributed by atoms with E-state index in [-0.39, 0.29) is 5.54 Å². The first kappa shape index (κ1) is 16.0. The van der Waals surface area contributed by atoms with E-state index in [9.17, 15) is 0 Å². The van der Waals surface area contributed by atoms with Gasteiger partial charge < -0.3 is 5.32 Å². The summed E-state index contributed by atoms with van der Waals surface area (Å²) in [4.78, 5) is 0. The van der Waals surface area contributed by atoms with E-state index in [1.807, 2.05) is 11.3 Å². The molecule has 3 atom stereocenters. The van der Waals surface area contributed by atoms with Crippen LogP contribution in [0.5, 0.6) is 0 Å². The maximum absolute atomic E-state index is 3.73. The molecule has 0 amide bonds. The van der Waals surface area contributed by atoms with Crippen LogP contribution in [0, 0.1) is 17.8 Å². The lowest BCUT2D eigenvalue weighted by atomic mass is 9.72. The van der Waals surface area contributed by atoms with Crippen molar-refractivity contribution in [3.05, 3.63) is 22.4 Å².